The predicted molar refractivity (Wildman–Crippen MR) is 171 cm³/mol. The molecule has 1 aliphatic carbocycles. The predicted octanol–water partition coefficient (Wildman–Crippen LogP) is 7.81. The summed E-state index contributed by atoms with van der Waals surface area (Å²) >= 11 is 0. The molecular weight excluding hydrogens is 526 g/mol. The Morgan fingerprint density at radius 3 is 2.05 bits per heavy atom. The topological polar surface area (TPSA) is 98.9 Å². The first kappa shape index (κ1) is 36.3. The summed E-state index contributed by atoms with van der Waals surface area (Å²) in [4.78, 5) is 26.7. The van der Waals surface area contributed by atoms with Crippen molar-refractivity contribution in [2.75, 3.05) is 14.2 Å². The van der Waals surface area contributed by atoms with Gasteiger partial charge in [0.1, 0.15) is 0 Å². The van der Waals surface area contributed by atoms with Gasteiger partial charge in [0.15, 0.2) is 0 Å². The molecule has 0 aliphatic heterocycles. The lowest BCUT2D eigenvalue weighted by Crippen LogP contribution is -2.48. The number of carbonyl (C=O) groups is 2. The number of unbranched alkanes of at least 4 members (excludes halogenated alkanes) is 1. The van der Waals surface area contributed by atoms with Gasteiger partial charge >= 0.3 is 11.9 Å². The zero-order chi connectivity index (χ0) is 32.2. The second-order valence-electron chi connectivity index (χ2n) is 15.6. The maximum absolute atomic E-state index is 13.6. The van der Waals surface area contributed by atoms with Crippen molar-refractivity contribution in [3.05, 3.63) is 35.9 Å². The van der Waals surface area contributed by atoms with Gasteiger partial charge in [-0.05, 0) is 79.6 Å². The van der Waals surface area contributed by atoms with Gasteiger partial charge in [0.25, 0.3) is 0 Å². The highest BCUT2D eigenvalue weighted by Gasteiger charge is 2.74. The van der Waals surface area contributed by atoms with Crippen LogP contribution in [0, 0.1) is 27.1 Å². The average molecular weight is 588 g/mol. The molecule has 5 unspecified atom stereocenters. The van der Waals surface area contributed by atoms with E-state index in [2.05, 4.69) is 78.8 Å². The zero-order valence-corrected chi connectivity index (χ0v) is 28.6. The van der Waals surface area contributed by atoms with E-state index >= 15 is 0 Å². The summed E-state index contributed by atoms with van der Waals surface area (Å²) in [5.74, 6) is -0.485. The molecule has 0 bridgehead atoms. The van der Waals surface area contributed by atoms with Gasteiger partial charge in [-0.2, -0.15) is 0 Å². The van der Waals surface area contributed by atoms with E-state index in [0.717, 1.165) is 12.8 Å². The van der Waals surface area contributed by atoms with E-state index in [0.29, 0.717) is 19.3 Å². The Morgan fingerprint density at radius 1 is 0.952 bits per heavy atom. The first-order valence-corrected chi connectivity index (χ1v) is 16.0. The Morgan fingerprint density at radius 2 is 1.55 bits per heavy atom. The molecule has 2 rings (SSSR count). The number of carbonyl (C=O) groups excluding carboxylic acids is 2. The Hall–Kier alpha value is -1.92. The van der Waals surface area contributed by atoms with Crippen LogP contribution in [0.2, 0.25) is 0 Å². The quantitative estimate of drug-likeness (QED) is 0.180. The highest BCUT2D eigenvalue weighted by Crippen LogP contribution is 2.68. The zero-order valence-electron chi connectivity index (χ0n) is 28.6. The van der Waals surface area contributed by atoms with Crippen LogP contribution in [0.4, 0.5) is 0 Å². The van der Waals surface area contributed by atoms with E-state index in [9.17, 15) is 14.7 Å². The molecule has 6 heteroatoms. The summed E-state index contributed by atoms with van der Waals surface area (Å²) in [5.41, 5.74) is 5.12. The van der Waals surface area contributed by atoms with E-state index < -0.39 is 28.4 Å². The van der Waals surface area contributed by atoms with Gasteiger partial charge in [-0.25, -0.2) is 0 Å². The van der Waals surface area contributed by atoms with Gasteiger partial charge in [0.2, 0.25) is 0 Å². The molecule has 6 nitrogen and oxygen atoms in total. The lowest BCUT2D eigenvalue weighted by atomic mass is 9.53. The number of aliphatic hydroxyl groups excluding tert-OH is 1. The van der Waals surface area contributed by atoms with E-state index in [1.165, 1.54) is 32.6 Å². The molecule has 1 fully saturated rings. The maximum atomic E-state index is 13.6. The normalized spacial score (nSPS) is 23.9. The molecular formula is C36H61NO5. The summed E-state index contributed by atoms with van der Waals surface area (Å²) in [5, 5.41) is 10.5. The number of hydrogen-bond donors (Lipinski definition) is 2. The summed E-state index contributed by atoms with van der Waals surface area (Å²) in [6.45, 7) is 19.9. The molecule has 1 aliphatic rings. The summed E-state index contributed by atoms with van der Waals surface area (Å²) in [7, 11) is 2.78. The Balaban J connectivity index is 2.52. The number of hydrogen-bond acceptors (Lipinski definition) is 6. The lowest BCUT2D eigenvalue weighted by molar-refractivity contribution is -0.157. The second-order valence-corrected chi connectivity index (χ2v) is 15.6. The standard InChI is InChI=1S/C36H61NO5/c1-12-14-20-31(3,4)22-28(26-18-16-15-17-19-26)33(7,8)32(5,6)23-35(30(40)42-11)25-36(35,37)24-34(9,29(39)41-10)21-27(38)13-2/h15-19,27-28,38H,12-14,20-25,37H2,1-11H3. The fraction of sp³-hybridized carbons (Fsp3) is 0.778. The molecule has 0 heterocycles. The molecule has 1 aromatic rings. The minimum atomic E-state index is -1.02. The monoisotopic (exact) mass is 587 g/mol. The fourth-order valence-corrected chi connectivity index (χ4v) is 7.58. The summed E-state index contributed by atoms with van der Waals surface area (Å²) < 4.78 is 10.6. The van der Waals surface area contributed by atoms with Crippen molar-refractivity contribution in [3.63, 3.8) is 0 Å². The second kappa shape index (κ2) is 13.4. The Kier molecular flexibility index (Phi) is 11.6. The van der Waals surface area contributed by atoms with Crippen molar-refractivity contribution in [2.45, 2.75) is 138 Å². The first-order chi connectivity index (χ1) is 19.3. The molecule has 0 saturated heterocycles. The fourth-order valence-electron chi connectivity index (χ4n) is 7.58. The largest absolute Gasteiger partial charge is 0.469 e. The van der Waals surface area contributed by atoms with Crippen molar-refractivity contribution in [1.29, 1.82) is 0 Å². The molecule has 0 radical (unpaired) electrons. The Labute approximate surface area is 256 Å². The first-order valence-electron chi connectivity index (χ1n) is 16.0. The lowest BCUT2D eigenvalue weighted by Gasteiger charge is -2.51. The van der Waals surface area contributed by atoms with Crippen molar-refractivity contribution in [1.82, 2.24) is 0 Å². The van der Waals surface area contributed by atoms with Crippen LogP contribution in [0.25, 0.3) is 0 Å². The van der Waals surface area contributed by atoms with Gasteiger partial charge in [0, 0.05) is 5.54 Å². The molecule has 240 valence electrons. The molecule has 1 aromatic carbocycles. The minimum absolute atomic E-state index is 0.156. The van der Waals surface area contributed by atoms with Crippen LogP contribution in [0.3, 0.4) is 0 Å². The molecule has 5 atom stereocenters. The van der Waals surface area contributed by atoms with Crippen molar-refractivity contribution in [3.8, 4) is 0 Å². The number of esters is 2. The number of aliphatic hydroxyl groups is 1. The minimum Gasteiger partial charge on any atom is -0.469 e. The molecule has 0 amide bonds. The van der Waals surface area contributed by atoms with E-state index in [1.54, 1.807) is 6.92 Å². The van der Waals surface area contributed by atoms with Crippen molar-refractivity contribution < 1.29 is 24.2 Å². The van der Waals surface area contributed by atoms with Crippen molar-refractivity contribution in [2.24, 2.45) is 32.8 Å². The van der Waals surface area contributed by atoms with Crippen molar-refractivity contribution >= 4 is 11.9 Å². The number of ether oxygens (including phenoxy) is 2. The van der Waals surface area contributed by atoms with Gasteiger partial charge in [-0.3, -0.25) is 9.59 Å². The van der Waals surface area contributed by atoms with Crippen LogP contribution in [0.1, 0.15) is 132 Å². The highest BCUT2D eigenvalue weighted by atomic mass is 16.5. The third kappa shape index (κ3) is 7.59. The average Bonchev–Trinajstić information content (AvgIpc) is 3.51. The molecule has 3 N–H and O–H groups in total. The van der Waals surface area contributed by atoms with Gasteiger partial charge in [-0.15, -0.1) is 0 Å². The maximum Gasteiger partial charge on any atom is 0.313 e. The summed E-state index contributed by atoms with van der Waals surface area (Å²) in [6, 6.07) is 10.8. The molecule has 42 heavy (non-hydrogen) atoms. The van der Waals surface area contributed by atoms with E-state index in [1.807, 2.05) is 6.92 Å². The van der Waals surface area contributed by atoms with Gasteiger partial charge < -0.3 is 20.3 Å². The van der Waals surface area contributed by atoms with E-state index in [4.69, 9.17) is 15.2 Å². The van der Waals surface area contributed by atoms with Crippen LogP contribution in [-0.4, -0.2) is 42.9 Å². The summed E-state index contributed by atoms with van der Waals surface area (Å²) in [6.07, 6.45) is 5.84. The van der Waals surface area contributed by atoms with E-state index in [-0.39, 0.29) is 41.0 Å². The molecule has 1 saturated carbocycles. The Bertz CT molecular complexity index is 1050. The smallest absolute Gasteiger partial charge is 0.313 e. The van der Waals surface area contributed by atoms with Crippen LogP contribution in [-0.2, 0) is 19.1 Å². The number of methoxy groups -OCH3 is 2. The van der Waals surface area contributed by atoms with Crippen LogP contribution < -0.4 is 5.73 Å². The highest BCUT2D eigenvalue weighted by molar-refractivity contribution is 5.84. The van der Waals surface area contributed by atoms with Gasteiger partial charge in [-0.1, -0.05) is 98.6 Å². The number of benzene rings is 1. The van der Waals surface area contributed by atoms with Crippen LogP contribution >= 0.6 is 0 Å². The third-order valence-electron chi connectivity index (χ3n) is 11.1. The van der Waals surface area contributed by atoms with Gasteiger partial charge in [0.05, 0.1) is 31.2 Å². The third-order valence-corrected chi connectivity index (χ3v) is 11.1. The molecule has 0 aromatic heterocycles. The van der Waals surface area contributed by atoms with Crippen LogP contribution in [0.5, 0.6) is 0 Å². The van der Waals surface area contributed by atoms with Crippen LogP contribution in [0.15, 0.2) is 30.3 Å². The molecule has 0 spiro atoms. The SMILES string of the molecule is CCCCC(C)(C)CC(c1ccccc1)C(C)(C)C(C)(C)CC1(C(=O)OC)CC1(N)CC(C)(CC(O)CC)C(=O)OC. The number of rotatable bonds is 17. The number of nitrogens with two attached hydrogens (primary N) is 1.